The summed E-state index contributed by atoms with van der Waals surface area (Å²) in [6.07, 6.45) is -5.59. The van der Waals surface area contributed by atoms with E-state index in [9.17, 15) is 27.2 Å². The summed E-state index contributed by atoms with van der Waals surface area (Å²) in [4.78, 5) is 32.1. The minimum atomic E-state index is -4.60. The number of hydrogen-bond acceptors (Lipinski definition) is 5. The smallest absolute Gasteiger partial charge is 0.428 e. The zero-order valence-corrected chi connectivity index (χ0v) is 15.7. The van der Waals surface area contributed by atoms with Gasteiger partial charge in [0.05, 0.1) is 6.04 Å². The molecule has 2 N–H and O–H groups in total. The van der Waals surface area contributed by atoms with Crippen molar-refractivity contribution < 1.29 is 31.9 Å². The van der Waals surface area contributed by atoms with Gasteiger partial charge in [-0.25, -0.2) is 9.97 Å². The molecular weight excluding hydrogens is 408 g/mol. The van der Waals surface area contributed by atoms with Crippen LogP contribution in [0.25, 0.3) is 0 Å². The zero-order chi connectivity index (χ0) is 21.9. The predicted molar refractivity (Wildman–Crippen MR) is 97.3 cm³/mol. The lowest BCUT2D eigenvalue weighted by atomic mass is 10.1. The second-order valence-corrected chi connectivity index (χ2v) is 6.76. The summed E-state index contributed by atoms with van der Waals surface area (Å²) in [7, 11) is 0. The van der Waals surface area contributed by atoms with E-state index in [-0.39, 0.29) is 23.5 Å². The summed E-state index contributed by atoms with van der Waals surface area (Å²) in [5.41, 5.74) is 0.548. The third-order valence-electron chi connectivity index (χ3n) is 4.31. The fraction of sp³-hybridized carbons (Fsp3) is 0.368. The summed E-state index contributed by atoms with van der Waals surface area (Å²) in [6.45, 7) is 1.64. The summed E-state index contributed by atoms with van der Waals surface area (Å²) >= 11 is 0. The minimum Gasteiger partial charge on any atom is -0.428 e. The number of nitrogens with one attached hydrogen (secondary N) is 2. The molecule has 2 aromatic rings. The van der Waals surface area contributed by atoms with Crippen molar-refractivity contribution in [3.63, 3.8) is 0 Å². The molecule has 1 aliphatic carbocycles. The summed E-state index contributed by atoms with van der Waals surface area (Å²) < 4.78 is 54.3. The number of amides is 2. The highest BCUT2D eigenvalue weighted by Gasteiger charge is 2.43. The normalized spacial score (nSPS) is 14.9. The topological polar surface area (TPSA) is 93.2 Å². The first-order valence-corrected chi connectivity index (χ1v) is 9.05. The lowest BCUT2D eigenvalue weighted by Gasteiger charge is -2.18. The molecule has 30 heavy (non-hydrogen) atoms. The summed E-state index contributed by atoms with van der Waals surface area (Å²) in [5, 5.41) is 5.21. The molecule has 2 amide bonds. The first-order chi connectivity index (χ1) is 14.2. The van der Waals surface area contributed by atoms with Crippen LogP contribution in [0.15, 0.2) is 36.5 Å². The number of alkyl halides is 4. The van der Waals surface area contributed by atoms with E-state index in [0.717, 1.165) is 25.0 Å². The Labute approximate surface area is 168 Å². The molecule has 1 saturated carbocycles. The predicted octanol–water partition coefficient (Wildman–Crippen LogP) is 3.55. The number of benzene rings is 1. The van der Waals surface area contributed by atoms with Crippen molar-refractivity contribution in [2.45, 2.75) is 38.3 Å². The van der Waals surface area contributed by atoms with E-state index in [4.69, 9.17) is 0 Å². The van der Waals surface area contributed by atoms with Gasteiger partial charge in [-0.1, -0.05) is 12.1 Å². The Morgan fingerprint density at radius 3 is 2.43 bits per heavy atom. The molecule has 0 aliphatic heterocycles. The standard InChI is InChI=1S/C19H18F4N4O3/c1-10(11-4-6-13(7-5-11)30-19(22,23)17(20)21)25-16(29)14-8-9-24-18(26-14)27-15(28)12-2-3-12/h4-10,12,17H,2-3H2,1H3,(H,25,29)(H,24,26,27,28). The lowest BCUT2D eigenvalue weighted by Crippen LogP contribution is -2.33. The van der Waals surface area contributed by atoms with E-state index in [1.54, 1.807) is 6.92 Å². The maximum absolute atomic E-state index is 12.9. The molecule has 7 nitrogen and oxygen atoms in total. The molecule has 0 saturated heterocycles. The molecule has 1 atom stereocenters. The minimum absolute atomic E-state index is 0.0219. The average Bonchev–Trinajstić information content (AvgIpc) is 3.53. The van der Waals surface area contributed by atoms with Gasteiger partial charge in [0.2, 0.25) is 11.9 Å². The number of carbonyl (C=O) groups excluding carboxylic acids is 2. The van der Waals surface area contributed by atoms with Crippen LogP contribution in [-0.4, -0.2) is 34.3 Å². The molecule has 11 heteroatoms. The van der Waals surface area contributed by atoms with Gasteiger partial charge < -0.3 is 10.1 Å². The van der Waals surface area contributed by atoms with Crippen LogP contribution in [0.1, 0.15) is 41.9 Å². The molecule has 3 rings (SSSR count). The molecule has 0 spiro atoms. The number of rotatable bonds is 8. The number of carbonyl (C=O) groups is 2. The largest absolute Gasteiger partial charge is 0.461 e. The van der Waals surface area contributed by atoms with Crippen molar-refractivity contribution in [2.24, 2.45) is 5.92 Å². The fourth-order valence-electron chi connectivity index (χ4n) is 2.48. The van der Waals surface area contributed by atoms with E-state index in [2.05, 4.69) is 25.3 Å². The fourth-order valence-corrected chi connectivity index (χ4v) is 2.48. The van der Waals surface area contributed by atoms with Crippen LogP contribution in [-0.2, 0) is 4.79 Å². The van der Waals surface area contributed by atoms with Gasteiger partial charge in [0.1, 0.15) is 11.4 Å². The van der Waals surface area contributed by atoms with Crippen molar-refractivity contribution in [1.29, 1.82) is 0 Å². The van der Waals surface area contributed by atoms with Gasteiger partial charge in [0.15, 0.2) is 0 Å². The molecule has 160 valence electrons. The molecule has 1 aromatic carbocycles. The van der Waals surface area contributed by atoms with E-state index < -0.39 is 30.2 Å². The van der Waals surface area contributed by atoms with Crippen LogP contribution < -0.4 is 15.4 Å². The highest BCUT2D eigenvalue weighted by Crippen LogP contribution is 2.30. The third-order valence-corrected chi connectivity index (χ3v) is 4.31. The molecule has 0 bridgehead atoms. The number of aromatic nitrogens is 2. The Bertz CT molecular complexity index is 920. The number of ether oxygens (including phenoxy) is 1. The lowest BCUT2D eigenvalue weighted by molar-refractivity contribution is -0.253. The average molecular weight is 426 g/mol. The van der Waals surface area contributed by atoms with Crippen molar-refractivity contribution in [2.75, 3.05) is 5.32 Å². The van der Waals surface area contributed by atoms with Crippen molar-refractivity contribution in [1.82, 2.24) is 15.3 Å². The van der Waals surface area contributed by atoms with Crippen LogP contribution in [0.2, 0.25) is 0 Å². The first-order valence-electron chi connectivity index (χ1n) is 9.05. The number of anilines is 1. The van der Waals surface area contributed by atoms with Crippen LogP contribution >= 0.6 is 0 Å². The van der Waals surface area contributed by atoms with Gasteiger partial charge in [0.25, 0.3) is 5.91 Å². The van der Waals surface area contributed by atoms with Crippen molar-refractivity contribution >= 4 is 17.8 Å². The van der Waals surface area contributed by atoms with Crippen molar-refractivity contribution in [3.05, 3.63) is 47.8 Å². The number of hydrogen-bond donors (Lipinski definition) is 2. The Balaban J connectivity index is 1.60. The highest BCUT2D eigenvalue weighted by molar-refractivity contribution is 5.95. The van der Waals surface area contributed by atoms with E-state index >= 15 is 0 Å². The van der Waals surface area contributed by atoms with Gasteiger partial charge in [-0.05, 0) is 43.5 Å². The molecular formula is C19H18F4N4O3. The Kier molecular flexibility index (Phi) is 6.18. The van der Waals surface area contributed by atoms with Gasteiger partial charge in [-0.15, -0.1) is 0 Å². The summed E-state index contributed by atoms with van der Waals surface area (Å²) in [5.74, 6) is -1.20. The van der Waals surface area contributed by atoms with Crippen LogP contribution in [0.4, 0.5) is 23.5 Å². The highest BCUT2D eigenvalue weighted by atomic mass is 19.3. The SMILES string of the molecule is CC(NC(=O)c1ccnc(NC(=O)C2CC2)n1)c1ccc(OC(F)(F)C(F)F)cc1. The monoisotopic (exact) mass is 426 g/mol. The third kappa shape index (κ3) is 5.43. The maximum atomic E-state index is 12.9. The van der Waals surface area contributed by atoms with E-state index in [0.29, 0.717) is 5.56 Å². The van der Waals surface area contributed by atoms with Crippen LogP contribution in [0.5, 0.6) is 5.75 Å². The summed E-state index contributed by atoms with van der Waals surface area (Å²) in [6, 6.07) is 5.75. The first kappa shape index (κ1) is 21.5. The Morgan fingerprint density at radius 1 is 1.17 bits per heavy atom. The zero-order valence-electron chi connectivity index (χ0n) is 15.7. The number of nitrogens with zero attached hydrogens (tertiary/aromatic N) is 2. The molecule has 1 heterocycles. The van der Waals surface area contributed by atoms with Crippen molar-refractivity contribution in [3.8, 4) is 5.75 Å². The molecule has 1 fully saturated rings. The quantitative estimate of drug-likeness (QED) is 0.630. The van der Waals surface area contributed by atoms with Crippen LogP contribution in [0, 0.1) is 5.92 Å². The van der Waals surface area contributed by atoms with Crippen LogP contribution in [0.3, 0.4) is 0 Å². The second-order valence-electron chi connectivity index (χ2n) is 6.76. The molecule has 1 unspecified atom stereocenters. The van der Waals surface area contributed by atoms with E-state index in [1.807, 2.05) is 0 Å². The molecule has 1 aromatic heterocycles. The molecule has 0 radical (unpaired) electrons. The molecule has 1 aliphatic rings. The van der Waals surface area contributed by atoms with E-state index in [1.165, 1.54) is 24.4 Å². The second kappa shape index (κ2) is 8.64. The number of halogens is 4. The van der Waals surface area contributed by atoms with Gasteiger partial charge in [-0.3, -0.25) is 14.9 Å². The van der Waals surface area contributed by atoms with Gasteiger partial charge in [0, 0.05) is 12.1 Å². The Hall–Kier alpha value is -3.24. The maximum Gasteiger partial charge on any atom is 0.461 e. The Morgan fingerprint density at radius 2 is 1.83 bits per heavy atom. The van der Waals surface area contributed by atoms with Gasteiger partial charge in [-0.2, -0.15) is 17.6 Å². The van der Waals surface area contributed by atoms with Gasteiger partial charge >= 0.3 is 12.5 Å².